The second kappa shape index (κ2) is 9.07. The number of rotatable bonds is 4. The van der Waals surface area contributed by atoms with Crippen LogP contribution in [0.2, 0.25) is 0 Å². The molecule has 1 fully saturated rings. The number of benzene rings is 2. The van der Waals surface area contributed by atoms with Crippen molar-refractivity contribution >= 4 is 23.5 Å². The monoisotopic (exact) mass is 453 g/mol. The van der Waals surface area contributed by atoms with Crippen LogP contribution < -0.4 is 20.1 Å². The highest BCUT2D eigenvalue weighted by Crippen LogP contribution is 2.32. The molecular weight excluding hydrogens is 429 g/mol. The fraction of sp³-hybridized carbons (Fsp3) is 0.348. The normalized spacial score (nSPS) is 20.3. The lowest BCUT2D eigenvalue weighted by atomic mass is 10.1. The predicted molar refractivity (Wildman–Crippen MR) is 118 cm³/mol. The summed E-state index contributed by atoms with van der Waals surface area (Å²) in [5.74, 6) is 0.941. The van der Waals surface area contributed by atoms with Crippen molar-refractivity contribution in [3.8, 4) is 11.5 Å². The highest BCUT2D eigenvalue weighted by atomic mass is 19.1. The lowest BCUT2D eigenvalue weighted by molar-refractivity contribution is -0.125. The predicted octanol–water partition coefficient (Wildman–Crippen LogP) is 1.56. The van der Waals surface area contributed by atoms with Gasteiger partial charge in [-0.15, -0.1) is 0 Å². The zero-order valence-electron chi connectivity index (χ0n) is 17.9. The SMILES string of the molecule is O=C1C[C@H](C(=O)Nc2ccc(F)cc2)N=C(N2CCN(Cc3ccc4c(c3)OCO4)CC2)N1. The van der Waals surface area contributed by atoms with Crippen LogP contribution in [0.3, 0.4) is 0 Å². The van der Waals surface area contributed by atoms with Gasteiger partial charge in [-0.25, -0.2) is 9.38 Å². The number of nitrogens with one attached hydrogen (secondary N) is 2. The van der Waals surface area contributed by atoms with Crippen molar-refractivity contribution in [1.82, 2.24) is 15.1 Å². The molecule has 5 rings (SSSR count). The number of piperazine rings is 1. The Morgan fingerprint density at radius 3 is 2.64 bits per heavy atom. The van der Waals surface area contributed by atoms with Gasteiger partial charge < -0.3 is 19.7 Å². The van der Waals surface area contributed by atoms with Gasteiger partial charge in [-0.2, -0.15) is 0 Å². The largest absolute Gasteiger partial charge is 0.454 e. The van der Waals surface area contributed by atoms with Gasteiger partial charge in [0.15, 0.2) is 11.5 Å². The molecule has 1 saturated heterocycles. The summed E-state index contributed by atoms with van der Waals surface area (Å²) in [5, 5.41) is 5.49. The molecular formula is C23H24FN5O4. The zero-order chi connectivity index (χ0) is 22.8. The third-order valence-corrected chi connectivity index (χ3v) is 5.84. The highest BCUT2D eigenvalue weighted by molar-refractivity contribution is 6.05. The number of ether oxygens (including phenoxy) is 2. The summed E-state index contributed by atoms with van der Waals surface area (Å²) in [4.78, 5) is 33.7. The van der Waals surface area contributed by atoms with Gasteiger partial charge in [0.05, 0.1) is 6.42 Å². The molecule has 33 heavy (non-hydrogen) atoms. The van der Waals surface area contributed by atoms with E-state index in [-0.39, 0.29) is 24.9 Å². The van der Waals surface area contributed by atoms with E-state index in [0.29, 0.717) is 24.7 Å². The quantitative estimate of drug-likeness (QED) is 0.730. The molecule has 2 aromatic rings. The molecule has 172 valence electrons. The minimum absolute atomic E-state index is 0.0272. The maximum Gasteiger partial charge on any atom is 0.249 e. The Bertz CT molecular complexity index is 1080. The fourth-order valence-corrected chi connectivity index (χ4v) is 4.06. The van der Waals surface area contributed by atoms with E-state index in [1.54, 1.807) is 0 Å². The Kier molecular flexibility index (Phi) is 5.82. The minimum Gasteiger partial charge on any atom is -0.454 e. The second-order valence-electron chi connectivity index (χ2n) is 8.17. The maximum atomic E-state index is 13.1. The average molecular weight is 453 g/mol. The lowest BCUT2D eigenvalue weighted by Gasteiger charge is -2.37. The first-order valence-corrected chi connectivity index (χ1v) is 10.8. The summed E-state index contributed by atoms with van der Waals surface area (Å²) in [6, 6.07) is 10.6. The molecule has 0 aliphatic carbocycles. The van der Waals surface area contributed by atoms with Gasteiger partial charge in [0, 0.05) is 38.4 Å². The first-order chi connectivity index (χ1) is 16.0. The Labute approximate surface area is 190 Å². The molecule has 2 N–H and O–H groups in total. The fourth-order valence-electron chi connectivity index (χ4n) is 4.06. The summed E-state index contributed by atoms with van der Waals surface area (Å²) in [6.45, 7) is 3.97. The lowest BCUT2D eigenvalue weighted by Crippen LogP contribution is -2.56. The van der Waals surface area contributed by atoms with E-state index in [1.807, 2.05) is 23.1 Å². The van der Waals surface area contributed by atoms with Crippen LogP contribution in [0.1, 0.15) is 12.0 Å². The number of carbonyl (C=O) groups is 2. The van der Waals surface area contributed by atoms with Crippen LogP contribution in [-0.2, 0) is 16.1 Å². The van der Waals surface area contributed by atoms with Gasteiger partial charge in [-0.3, -0.25) is 19.8 Å². The zero-order valence-corrected chi connectivity index (χ0v) is 17.9. The maximum absolute atomic E-state index is 13.1. The van der Waals surface area contributed by atoms with Crippen LogP contribution in [-0.4, -0.2) is 66.6 Å². The van der Waals surface area contributed by atoms with E-state index in [9.17, 15) is 14.0 Å². The Morgan fingerprint density at radius 1 is 1.09 bits per heavy atom. The van der Waals surface area contributed by atoms with E-state index >= 15 is 0 Å². The molecule has 0 saturated carbocycles. The summed E-state index contributed by atoms with van der Waals surface area (Å²) in [5.41, 5.74) is 1.61. The molecule has 9 nitrogen and oxygen atoms in total. The number of halogens is 1. The van der Waals surface area contributed by atoms with E-state index in [1.165, 1.54) is 24.3 Å². The number of carbonyl (C=O) groups excluding carboxylic acids is 2. The van der Waals surface area contributed by atoms with Gasteiger partial charge >= 0.3 is 0 Å². The van der Waals surface area contributed by atoms with Crippen molar-refractivity contribution in [2.45, 2.75) is 19.0 Å². The molecule has 3 aliphatic heterocycles. The molecule has 0 radical (unpaired) electrons. The van der Waals surface area contributed by atoms with Crippen molar-refractivity contribution in [3.05, 3.63) is 53.8 Å². The van der Waals surface area contributed by atoms with E-state index in [4.69, 9.17) is 9.47 Å². The summed E-state index contributed by atoms with van der Waals surface area (Å²) < 4.78 is 23.9. The third-order valence-electron chi connectivity index (χ3n) is 5.84. The third kappa shape index (κ3) is 4.90. The molecule has 0 unspecified atom stereocenters. The summed E-state index contributed by atoms with van der Waals surface area (Å²) in [6.07, 6.45) is -0.0272. The van der Waals surface area contributed by atoms with Crippen LogP contribution in [0.15, 0.2) is 47.5 Å². The average Bonchev–Trinajstić information content (AvgIpc) is 3.28. The van der Waals surface area contributed by atoms with Crippen LogP contribution in [0, 0.1) is 5.82 Å². The van der Waals surface area contributed by atoms with Crippen molar-refractivity contribution in [2.75, 3.05) is 38.3 Å². The van der Waals surface area contributed by atoms with Gasteiger partial charge in [-0.05, 0) is 42.0 Å². The first kappa shape index (κ1) is 21.2. The van der Waals surface area contributed by atoms with Crippen LogP contribution in [0.5, 0.6) is 11.5 Å². The minimum atomic E-state index is -0.828. The van der Waals surface area contributed by atoms with Crippen molar-refractivity contribution in [3.63, 3.8) is 0 Å². The number of aliphatic imine (C=N–C) groups is 1. The number of guanidine groups is 1. The summed E-state index contributed by atoms with van der Waals surface area (Å²) >= 11 is 0. The van der Waals surface area contributed by atoms with Gasteiger partial charge in [-0.1, -0.05) is 6.07 Å². The number of hydrogen-bond acceptors (Lipinski definition) is 7. The Morgan fingerprint density at radius 2 is 1.85 bits per heavy atom. The molecule has 10 heteroatoms. The van der Waals surface area contributed by atoms with Gasteiger partial charge in [0.1, 0.15) is 11.9 Å². The number of anilines is 1. The molecule has 1 atom stereocenters. The van der Waals surface area contributed by atoms with E-state index in [0.717, 1.165) is 36.7 Å². The highest BCUT2D eigenvalue weighted by Gasteiger charge is 2.30. The molecule has 3 heterocycles. The number of fused-ring (bicyclic) bond motifs is 1. The van der Waals surface area contributed by atoms with Crippen molar-refractivity contribution < 1.29 is 23.5 Å². The van der Waals surface area contributed by atoms with Crippen molar-refractivity contribution in [1.29, 1.82) is 0 Å². The molecule has 0 aromatic heterocycles. The Balaban J connectivity index is 1.18. The van der Waals surface area contributed by atoms with Gasteiger partial charge in [0.25, 0.3) is 0 Å². The standard InChI is InChI=1S/C23H24FN5O4/c24-16-2-4-17(5-3-16)25-22(31)18-12-21(30)27-23(26-18)29-9-7-28(8-10-29)13-15-1-6-19-20(11-15)33-14-32-19/h1-6,11,18H,7-10,12-14H2,(H,25,31)(H,26,27,30)/t18-/m1/s1. The van der Waals surface area contributed by atoms with Crippen LogP contribution >= 0.6 is 0 Å². The van der Waals surface area contributed by atoms with E-state index < -0.39 is 11.9 Å². The topological polar surface area (TPSA) is 95.5 Å². The molecule has 2 aromatic carbocycles. The number of nitrogens with zero attached hydrogens (tertiary/aromatic N) is 3. The van der Waals surface area contributed by atoms with Crippen LogP contribution in [0.25, 0.3) is 0 Å². The number of hydrogen-bond donors (Lipinski definition) is 2. The Hall–Kier alpha value is -3.66. The first-order valence-electron chi connectivity index (χ1n) is 10.8. The smallest absolute Gasteiger partial charge is 0.249 e. The van der Waals surface area contributed by atoms with Crippen molar-refractivity contribution in [2.24, 2.45) is 4.99 Å². The summed E-state index contributed by atoms with van der Waals surface area (Å²) in [7, 11) is 0. The number of amides is 2. The molecule has 2 amide bonds. The van der Waals surface area contributed by atoms with E-state index in [2.05, 4.69) is 20.5 Å². The second-order valence-corrected chi connectivity index (χ2v) is 8.17. The molecule has 0 bridgehead atoms. The molecule has 0 spiro atoms. The van der Waals surface area contributed by atoms with Crippen LogP contribution in [0.4, 0.5) is 10.1 Å². The van der Waals surface area contributed by atoms with Gasteiger partial charge in [0.2, 0.25) is 24.6 Å². The molecule has 3 aliphatic rings.